The summed E-state index contributed by atoms with van der Waals surface area (Å²) >= 11 is 0. The lowest BCUT2D eigenvalue weighted by molar-refractivity contribution is 0.141. The van der Waals surface area contributed by atoms with E-state index in [0.717, 1.165) is 0 Å². The standard InChI is InChI=1S/C14H16O3S/c1-11-7-8-13(9-10-14(11)15)18(16,17)12-5-3-2-4-6-12/h2-9,11,14-15H,10H2,1H3/t11-,14-/m1/s1. The lowest BCUT2D eigenvalue weighted by Crippen LogP contribution is -2.13. The van der Waals surface area contributed by atoms with Crippen LogP contribution in [0.3, 0.4) is 0 Å². The zero-order valence-corrected chi connectivity index (χ0v) is 11.0. The van der Waals surface area contributed by atoms with E-state index in [1.54, 1.807) is 48.6 Å². The highest BCUT2D eigenvalue weighted by atomic mass is 32.2. The first kappa shape index (κ1) is 13.1. The van der Waals surface area contributed by atoms with Crippen LogP contribution in [-0.2, 0) is 9.84 Å². The third kappa shape index (κ3) is 2.54. The molecule has 1 aliphatic rings. The molecule has 3 nitrogen and oxygen atoms in total. The van der Waals surface area contributed by atoms with Crippen LogP contribution in [0.5, 0.6) is 0 Å². The molecule has 0 fully saturated rings. The highest BCUT2D eigenvalue weighted by Gasteiger charge is 2.22. The molecule has 0 unspecified atom stereocenters. The maximum Gasteiger partial charge on any atom is 0.206 e. The van der Waals surface area contributed by atoms with Crippen molar-refractivity contribution in [1.29, 1.82) is 0 Å². The third-order valence-corrected chi connectivity index (χ3v) is 4.91. The number of sulfone groups is 1. The molecule has 0 radical (unpaired) electrons. The van der Waals surface area contributed by atoms with Crippen molar-refractivity contribution < 1.29 is 13.5 Å². The fraction of sp³-hybridized carbons (Fsp3) is 0.286. The van der Waals surface area contributed by atoms with E-state index in [9.17, 15) is 13.5 Å². The molecule has 1 N–H and O–H groups in total. The molecule has 1 aromatic rings. The van der Waals surface area contributed by atoms with Gasteiger partial charge in [-0.05, 0) is 24.6 Å². The molecule has 0 saturated carbocycles. The summed E-state index contributed by atoms with van der Waals surface area (Å²) in [6, 6.07) is 8.34. The molecule has 0 amide bonds. The Morgan fingerprint density at radius 3 is 2.56 bits per heavy atom. The van der Waals surface area contributed by atoms with Gasteiger partial charge in [0.25, 0.3) is 0 Å². The van der Waals surface area contributed by atoms with Gasteiger partial charge in [0.05, 0.1) is 15.9 Å². The first-order valence-electron chi connectivity index (χ1n) is 5.88. The summed E-state index contributed by atoms with van der Waals surface area (Å²) in [4.78, 5) is 0.544. The zero-order chi connectivity index (χ0) is 13.2. The molecule has 2 atom stereocenters. The van der Waals surface area contributed by atoms with Crippen LogP contribution in [0.25, 0.3) is 0 Å². The number of allylic oxidation sites excluding steroid dienone is 1. The van der Waals surface area contributed by atoms with Gasteiger partial charge >= 0.3 is 0 Å². The second-order valence-electron chi connectivity index (χ2n) is 4.44. The van der Waals surface area contributed by atoms with Gasteiger partial charge in [0.1, 0.15) is 0 Å². The van der Waals surface area contributed by atoms with Gasteiger partial charge in [0.2, 0.25) is 9.84 Å². The van der Waals surface area contributed by atoms with Gasteiger partial charge in [-0.2, -0.15) is 0 Å². The molecule has 0 bridgehead atoms. The number of hydrogen-bond acceptors (Lipinski definition) is 3. The number of hydrogen-bond donors (Lipinski definition) is 1. The van der Waals surface area contributed by atoms with Gasteiger partial charge < -0.3 is 5.11 Å². The van der Waals surface area contributed by atoms with Crippen molar-refractivity contribution in [2.24, 2.45) is 5.92 Å². The molecule has 0 aromatic heterocycles. The summed E-state index contributed by atoms with van der Waals surface area (Å²) < 4.78 is 24.7. The average molecular weight is 264 g/mol. The molecule has 0 aliphatic heterocycles. The Labute approximate surface area is 107 Å². The Bertz CT molecular complexity index is 570. The fourth-order valence-corrected chi connectivity index (χ4v) is 3.19. The van der Waals surface area contributed by atoms with Crippen molar-refractivity contribution in [2.75, 3.05) is 0 Å². The first-order valence-corrected chi connectivity index (χ1v) is 7.36. The first-order chi connectivity index (χ1) is 8.51. The summed E-state index contributed by atoms with van der Waals surface area (Å²) in [5.41, 5.74) is 0. The highest BCUT2D eigenvalue weighted by Crippen LogP contribution is 2.25. The second kappa shape index (κ2) is 5.08. The van der Waals surface area contributed by atoms with E-state index in [2.05, 4.69) is 0 Å². The molecule has 0 spiro atoms. The second-order valence-corrected chi connectivity index (χ2v) is 6.39. The monoisotopic (exact) mass is 264 g/mol. The minimum Gasteiger partial charge on any atom is -0.392 e. The van der Waals surface area contributed by atoms with Crippen molar-refractivity contribution in [3.63, 3.8) is 0 Å². The lowest BCUT2D eigenvalue weighted by atomic mass is 10.0. The van der Waals surface area contributed by atoms with E-state index in [1.165, 1.54) is 0 Å². The number of aliphatic hydroxyl groups excluding tert-OH is 1. The molecule has 4 heteroatoms. The Balaban J connectivity index is 2.40. The van der Waals surface area contributed by atoms with Crippen LogP contribution in [0.4, 0.5) is 0 Å². The predicted molar refractivity (Wildman–Crippen MR) is 70.6 cm³/mol. The van der Waals surface area contributed by atoms with Crippen LogP contribution in [0.15, 0.2) is 58.4 Å². The molecule has 18 heavy (non-hydrogen) atoms. The summed E-state index contributed by atoms with van der Waals surface area (Å²) in [6.07, 6.45) is 4.75. The Morgan fingerprint density at radius 1 is 1.22 bits per heavy atom. The van der Waals surface area contributed by atoms with Crippen molar-refractivity contribution in [1.82, 2.24) is 0 Å². The minimum absolute atomic E-state index is 0.0373. The highest BCUT2D eigenvalue weighted by molar-refractivity contribution is 7.95. The summed E-state index contributed by atoms with van der Waals surface area (Å²) in [5, 5.41) is 9.72. The van der Waals surface area contributed by atoms with E-state index in [-0.39, 0.29) is 15.7 Å². The third-order valence-electron chi connectivity index (χ3n) is 3.10. The Hall–Kier alpha value is -1.39. The average Bonchev–Trinajstić information content (AvgIpc) is 2.54. The van der Waals surface area contributed by atoms with E-state index < -0.39 is 15.9 Å². The van der Waals surface area contributed by atoms with Gasteiger partial charge in [-0.15, -0.1) is 0 Å². The quantitative estimate of drug-likeness (QED) is 0.891. The van der Waals surface area contributed by atoms with Crippen LogP contribution in [-0.4, -0.2) is 19.6 Å². The Kier molecular flexibility index (Phi) is 3.68. The number of aliphatic hydroxyl groups is 1. The van der Waals surface area contributed by atoms with E-state index in [0.29, 0.717) is 6.42 Å². The van der Waals surface area contributed by atoms with E-state index in [1.807, 2.05) is 6.92 Å². The van der Waals surface area contributed by atoms with Crippen molar-refractivity contribution in [3.8, 4) is 0 Å². The van der Waals surface area contributed by atoms with Gasteiger partial charge in [-0.3, -0.25) is 0 Å². The van der Waals surface area contributed by atoms with Crippen LogP contribution in [0.1, 0.15) is 13.3 Å². The number of rotatable bonds is 2. The fourth-order valence-electron chi connectivity index (χ4n) is 1.83. The SMILES string of the molecule is C[C@@H]1C=CC(S(=O)(=O)c2ccccc2)=CC[C@H]1O. The Morgan fingerprint density at radius 2 is 1.89 bits per heavy atom. The molecule has 0 saturated heterocycles. The molecule has 1 aliphatic carbocycles. The van der Waals surface area contributed by atoms with Crippen molar-refractivity contribution in [2.45, 2.75) is 24.3 Å². The topological polar surface area (TPSA) is 54.4 Å². The molecule has 2 rings (SSSR count). The lowest BCUT2D eigenvalue weighted by Gasteiger charge is -2.10. The summed E-state index contributed by atoms with van der Waals surface area (Å²) in [6.45, 7) is 1.87. The van der Waals surface area contributed by atoms with Gasteiger partial charge in [0.15, 0.2) is 0 Å². The smallest absolute Gasteiger partial charge is 0.206 e. The van der Waals surface area contributed by atoms with Crippen molar-refractivity contribution in [3.05, 3.63) is 53.5 Å². The maximum absolute atomic E-state index is 12.4. The summed E-state index contributed by atoms with van der Waals surface area (Å²) in [7, 11) is -3.47. The zero-order valence-electron chi connectivity index (χ0n) is 10.2. The van der Waals surface area contributed by atoms with Crippen molar-refractivity contribution >= 4 is 9.84 Å². The van der Waals surface area contributed by atoms with Crippen LogP contribution < -0.4 is 0 Å². The van der Waals surface area contributed by atoms with E-state index >= 15 is 0 Å². The van der Waals surface area contributed by atoms with Crippen LogP contribution >= 0.6 is 0 Å². The molecular formula is C14H16O3S. The van der Waals surface area contributed by atoms with Gasteiger partial charge in [-0.25, -0.2) is 8.42 Å². The molecular weight excluding hydrogens is 248 g/mol. The van der Waals surface area contributed by atoms with Gasteiger partial charge in [0, 0.05) is 5.92 Å². The summed E-state index contributed by atoms with van der Waals surface area (Å²) in [5.74, 6) is -0.0373. The molecule has 0 heterocycles. The largest absolute Gasteiger partial charge is 0.392 e. The molecule has 1 aromatic carbocycles. The molecule has 96 valence electrons. The van der Waals surface area contributed by atoms with Crippen LogP contribution in [0, 0.1) is 5.92 Å². The minimum atomic E-state index is -3.47. The normalized spacial score (nSPS) is 24.4. The number of benzene rings is 1. The predicted octanol–water partition coefficient (Wildman–Crippen LogP) is 2.30. The van der Waals surface area contributed by atoms with E-state index in [4.69, 9.17) is 0 Å². The van der Waals surface area contributed by atoms with Crippen LogP contribution in [0.2, 0.25) is 0 Å². The van der Waals surface area contributed by atoms with Gasteiger partial charge in [-0.1, -0.05) is 37.3 Å². The maximum atomic E-state index is 12.4.